The molecule has 0 spiro atoms. The third-order valence-electron chi connectivity index (χ3n) is 3.70. The Bertz CT molecular complexity index is 671. The Balaban J connectivity index is 1.51. The highest BCUT2D eigenvalue weighted by Crippen LogP contribution is 2.26. The second-order valence-electron chi connectivity index (χ2n) is 5.38. The van der Waals surface area contributed by atoms with Crippen molar-refractivity contribution in [2.75, 3.05) is 20.3 Å². The maximum absolute atomic E-state index is 12.3. The van der Waals surface area contributed by atoms with Gasteiger partial charge < -0.3 is 19.3 Å². The lowest BCUT2D eigenvalue weighted by Crippen LogP contribution is -2.37. The second kappa shape index (κ2) is 7.23. The first kappa shape index (κ1) is 15.5. The van der Waals surface area contributed by atoms with E-state index in [1.54, 1.807) is 7.11 Å². The molecular formula is C16H19N3O4. The molecule has 7 nitrogen and oxygen atoms in total. The zero-order valence-corrected chi connectivity index (χ0v) is 12.9. The Labute approximate surface area is 134 Å². The highest BCUT2D eigenvalue weighted by molar-refractivity contribution is 5.79. The van der Waals surface area contributed by atoms with E-state index in [2.05, 4.69) is 15.5 Å². The van der Waals surface area contributed by atoms with Crippen molar-refractivity contribution in [2.24, 2.45) is 5.92 Å². The van der Waals surface area contributed by atoms with Crippen molar-refractivity contribution in [2.45, 2.75) is 19.4 Å². The normalized spacial score (nSPS) is 16.5. The number of nitrogens with zero attached hydrogens (tertiary/aromatic N) is 2. The zero-order valence-electron chi connectivity index (χ0n) is 12.9. The van der Waals surface area contributed by atoms with Gasteiger partial charge in [0.15, 0.2) is 5.82 Å². The van der Waals surface area contributed by atoms with E-state index in [4.69, 9.17) is 14.0 Å². The topological polar surface area (TPSA) is 86.5 Å². The van der Waals surface area contributed by atoms with Crippen molar-refractivity contribution < 1.29 is 18.8 Å². The van der Waals surface area contributed by atoms with Crippen LogP contribution in [0.25, 0.3) is 0 Å². The molecule has 122 valence electrons. The molecule has 1 N–H and O–H groups in total. The minimum absolute atomic E-state index is 0.0730. The number of rotatable bonds is 6. The van der Waals surface area contributed by atoms with Crippen LogP contribution < -0.4 is 10.1 Å². The molecule has 0 fully saturated rings. The van der Waals surface area contributed by atoms with Crippen LogP contribution in [0.3, 0.4) is 0 Å². The van der Waals surface area contributed by atoms with Crippen molar-refractivity contribution in [3.05, 3.63) is 41.5 Å². The van der Waals surface area contributed by atoms with Gasteiger partial charge in [-0.2, -0.15) is 4.98 Å². The minimum atomic E-state index is -0.208. The highest BCUT2D eigenvalue weighted by atomic mass is 16.5. The van der Waals surface area contributed by atoms with Gasteiger partial charge in [-0.3, -0.25) is 4.79 Å². The fourth-order valence-corrected chi connectivity index (χ4v) is 2.46. The van der Waals surface area contributed by atoms with Crippen LogP contribution in [-0.4, -0.2) is 36.4 Å². The largest absolute Gasteiger partial charge is 0.492 e. The molecule has 3 rings (SSSR count). The molecule has 1 aliphatic heterocycles. The van der Waals surface area contributed by atoms with Crippen LogP contribution in [0.4, 0.5) is 0 Å². The van der Waals surface area contributed by atoms with Crippen LogP contribution in [-0.2, 0) is 28.9 Å². The van der Waals surface area contributed by atoms with E-state index in [1.165, 1.54) is 0 Å². The summed E-state index contributed by atoms with van der Waals surface area (Å²) in [6, 6.07) is 7.77. The van der Waals surface area contributed by atoms with Crippen molar-refractivity contribution in [1.82, 2.24) is 15.5 Å². The van der Waals surface area contributed by atoms with Crippen LogP contribution in [0.1, 0.15) is 17.3 Å². The number of benzene rings is 1. The first-order chi connectivity index (χ1) is 11.3. The van der Waals surface area contributed by atoms with Gasteiger partial charge in [-0.25, -0.2) is 0 Å². The molecular weight excluding hydrogens is 298 g/mol. The number of hydrogen-bond donors (Lipinski definition) is 1. The summed E-state index contributed by atoms with van der Waals surface area (Å²) >= 11 is 0. The van der Waals surface area contributed by atoms with E-state index in [-0.39, 0.29) is 18.4 Å². The summed E-state index contributed by atoms with van der Waals surface area (Å²) in [5, 5.41) is 6.65. The van der Waals surface area contributed by atoms with E-state index in [9.17, 15) is 4.79 Å². The monoisotopic (exact) mass is 317 g/mol. The second-order valence-corrected chi connectivity index (χ2v) is 5.38. The maximum Gasteiger partial charge on any atom is 0.246 e. The summed E-state index contributed by atoms with van der Waals surface area (Å²) in [5.74, 6) is 1.54. The molecule has 7 heteroatoms. The highest BCUT2D eigenvalue weighted by Gasteiger charge is 2.25. The lowest BCUT2D eigenvalue weighted by atomic mass is 9.96. The predicted octanol–water partition coefficient (Wildman–Crippen LogP) is 1.13. The molecule has 0 unspecified atom stereocenters. The predicted molar refractivity (Wildman–Crippen MR) is 80.9 cm³/mol. The van der Waals surface area contributed by atoms with Crippen molar-refractivity contribution in [1.29, 1.82) is 0 Å². The van der Waals surface area contributed by atoms with Gasteiger partial charge in [0.1, 0.15) is 12.4 Å². The lowest BCUT2D eigenvalue weighted by molar-refractivity contribution is -0.126. The third-order valence-corrected chi connectivity index (χ3v) is 3.70. The average Bonchev–Trinajstić information content (AvgIpc) is 3.05. The van der Waals surface area contributed by atoms with Gasteiger partial charge in [0, 0.05) is 13.5 Å². The molecule has 1 amide bonds. The number of carbonyl (C=O) groups excluding carboxylic acids is 1. The SMILES string of the molecule is COCCc1noc(CNC(=O)[C@@H]2COc3ccccc3C2)n1. The van der Waals surface area contributed by atoms with Gasteiger partial charge in [-0.05, 0) is 18.1 Å². The Kier molecular flexibility index (Phi) is 4.87. The number of carbonyl (C=O) groups is 1. The number of hydrogen-bond acceptors (Lipinski definition) is 6. The van der Waals surface area contributed by atoms with Gasteiger partial charge >= 0.3 is 0 Å². The quantitative estimate of drug-likeness (QED) is 0.859. The molecule has 0 aliphatic carbocycles. The van der Waals surface area contributed by atoms with E-state index in [0.29, 0.717) is 37.8 Å². The molecule has 1 aromatic heterocycles. The molecule has 0 bridgehead atoms. The first-order valence-electron chi connectivity index (χ1n) is 7.55. The summed E-state index contributed by atoms with van der Waals surface area (Å²) in [6.45, 7) is 1.13. The molecule has 2 heterocycles. The molecule has 0 saturated heterocycles. The number of para-hydroxylation sites is 1. The van der Waals surface area contributed by atoms with Crippen LogP contribution >= 0.6 is 0 Å². The lowest BCUT2D eigenvalue weighted by Gasteiger charge is -2.24. The standard InChI is InChI=1S/C16H19N3O4/c1-21-7-6-14-18-15(23-19-14)9-17-16(20)12-8-11-4-2-3-5-13(11)22-10-12/h2-5,12H,6-10H2,1H3,(H,17,20)/t12-/m0/s1. The summed E-state index contributed by atoms with van der Waals surface area (Å²) < 4.78 is 15.7. The van der Waals surface area contributed by atoms with Crippen LogP contribution in [0, 0.1) is 5.92 Å². The minimum Gasteiger partial charge on any atom is -0.492 e. The van der Waals surface area contributed by atoms with E-state index in [0.717, 1.165) is 11.3 Å². The molecule has 0 radical (unpaired) electrons. The maximum atomic E-state index is 12.3. The number of nitrogens with one attached hydrogen (secondary N) is 1. The van der Waals surface area contributed by atoms with Gasteiger partial charge in [0.05, 0.1) is 19.1 Å². The van der Waals surface area contributed by atoms with Crippen LogP contribution in [0.5, 0.6) is 5.75 Å². The number of aromatic nitrogens is 2. The third kappa shape index (κ3) is 3.87. The fourth-order valence-electron chi connectivity index (χ4n) is 2.46. The van der Waals surface area contributed by atoms with Gasteiger partial charge in [0.2, 0.25) is 11.8 Å². The molecule has 2 aromatic rings. The van der Waals surface area contributed by atoms with E-state index < -0.39 is 0 Å². The Hall–Kier alpha value is -2.41. The van der Waals surface area contributed by atoms with Crippen molar-refractivity contribution >= 4 is 5.91 Å². The molecule has 1 aliphatic rings. The van der Waals surface area contributed by atoms with Gasteiger partial charge in [-0.15, -0.1) is 0 Å². The van der Waals surface area contributed by atoms with Gasteiger partial charge in [0.25, 0.3) is 0 Å². The molecule has 1 aromatic carbocycles. The average molecular weight is 317 g/mol. The smallest absolute Gasteiger partial charge is 0.246 e. The van der Waals surface area contributed by atoms with E-state index in [1.807, 2.05) is 24.3 Å². The molecule has 0 saturated carbocycles. The molecule has 23 heavy (non-hydrogen) atoms. The fraction of sp³-hybridized carbons (Fsp3) is 0.438. The molecule has 1 atom stereocenters. The number of amides is 1. The summed E-state index contributed by atoms with van der Waals surface area (Å²) in [5.41, 5.74) is 1.05. The zero-order chi connectivity index (χ0) is 16.1. The first-order valence-corrected chi connectivity index (χ1v) is 7.55. The number of ether oxygens (including phenoxy) is 2. The van der Waals surface area contributed by atoms with Crippen LogP contribution in [0.2, 0.25) is 0 Å². The Morgan fingerprint density at radius 3 is 3.17 bits per heavy atom. The summed E-state index contributed by atoms with van der Waals surface area (Å²) in [4.78, 5) is 16.5. The van der Waals surface area contributed by atoms with Crippen LogP contribution in [0.15, 0.2) is 28.8 Å². The van der Waals surface area contributed by atoms with Gasteiger partial charge in [-0.1, -0.05) is 23.4 Å². The summed E-state index contributed by atoms with van der Waals surface area (Å²) in [6.07, 6.45) is 1.26. The Morgan fingerprint density at radius 2 is 2.30 bits per heavy atom. The van der Waals surface area contributed by atoms with E-state index >= 15 is 0 Å². The summed E-state index contributed by atoms with van der Waals surface area (Å²) in [7, 11) is 1.62. The number of methoxy groups -OCH3 is 1. The van der Waals surface area contributed by atoms with Crippen molar-refractivity contribution in [3.8, 4) is 5.75 Å². The van der Waals surface area contributed by atoms with Crippen molar-refractivity contribution in [3.63, 3.8) is 0 Å². The number of fused-ring (bicyclic) bond motifs is 1. The Morgan fingerprint density at radius 1 is 1.43 bits per heavy atom.